The van der Waals surface area contributed by atoms with Gasteiger partial charge in [-0.25, -0.2) is 4.98 Å². The zero-order valence-electron chi connectivity index (χ0n) is 16.1. The number of hydrogen-bond acceptors (Lipinski definition) is 6. The molecule has 1 N–H and O–H groups in total. The Morgan fingerprint density at radius 1 is 1.11 bits per heavy atom. The standard InChI is InChI=1S/C17H14N2O3S.C2H6.CH4O/c1-10-3-5-12-14(16(10)23-2)19(7-8-20)17-13(15(12)22)6-4-11(9-21)18-17;2*1-2/h3-6,8-9H,7H2,1-2H3;1-2H3;2H,1H3. The fourth-order valence-electron chi connectivity index (χ4n) is 2.80. The number of hydrogen-bond donors (Lipinski definition) is 1. The van der Waals surface area contributed by atoms with E-state index in [9.17, 15) is 14.4 Å². The molecule has 1 aromatic carbocycles. The lowest BCUT2D eigenvalue weighted by Crippen LogP contribution is -2.15. The molecule has 0 fully saturated rings. The van der Waals surface area contributed by atoms with Gasteiger partial charge in [-0.2, -0.15) is 0 Å². The Hall–Kier alpha value is -2.51. The van der Waals surface area contributed by atoms with Gasteiger partial charge in [-0.3, -0.25) is 9.59 Å². The number of pyridine rings is 2. The topological polar surface area (TPSA) is 89.3 Å². The Balaban J connectivity index is 0.000000855. The molecule has 0 saturated heterocycles. The first-order valence-corrected chi connectivity index (χ1v) is 9.69. The first-order valence-electron chi connectivity index (χ1n) is 8.46. The van der Waals surface area contributed by atoms with Crippen molar-refractivity contribution in [1.82, 2.24) is 9.55 Å². The molecule has 0 aliphatic carbocycles. The van der Waals surface area contributed by atoms with E-state index < -0.39 is 0 Å². The van der Waals surface area contributed by atoms with Crippen LogP contribution in [0.1, 0.15) is 29.9 Å². The van der Waals surface area contributed by atoms with Crippen LogP contribution in [0, 0.1) is 6.92 Å². The molecule has 0 saturated carbocycles. The van der Waals surface area contributed by atoms with E-state index in [0.29, 0.717) is 28.2 Å². The number of benzene rings is 1. The maximum Gasteiger partial charge on any atom is 0.198 e. The number of aldehydes is 2. The van der Waals surface area contributed by atoms with Gasteiger partial charge in [-0.15, -0.1) is 11.8 Å². The maximum absolute atomic E-state index is 12.8. The lowest BCUT2D eigenvalue weighted by Gasteiger charge is -2.16. The fraction of sp³-hybridized carbons (Fsp3) is 0.300. The van der Waals surface area contributed by atoms with E-state index in [4.69, 9.17) is 5.11 Å². The zero-order chi connectivity index (χ0) is 20.6. The van der Waals surface area contributed by atoms with Crippen molar-refractivity contribution < 1.29 is 14.7 Å². The second-order valence-electron chi connectivity index (χ2n) is 5.14. The molecule has 0 bridgehead atoms. The minimum absolute atomic E-state index is 0.0691. The van der Waals surface area contributed by atoms with Crippen molar-refractivity contribution in [2.45, 2.75) is 32.2 Å². The van der Waals surface area contributed by atoms with E-state index in [1.54, 1.807) is 16.7 Å². The average Bonchev–Trinajstić information content (AvgIpc) is 2.73. The van der Waals surface area contributed by atoms with Crippen LogP contribution in [0.25, 0.3) is 21.9 Å². The smallest absolute Gasteiger partial charge is 0.198 e. The van der Waals surface area contributed by atoms with Crippen molar-refractivity contribution in [1.29, 1.82) is 0 Å². The molecule has 0 aliphatic rings. The van der Waals surface area contributed by atoms with Gasteiger partial charge in [0.05, 0.1) is 17.4 Å². The first kappa shape index (κ1) is 22.5. The maximum atomic E-state index is 12.8. The van der Waals surface area contributed by atoms with Crippen molar-refractivity contribution >= 4 is 46.3 Å². The molecule has 3 aromatic rings. The van der Waals surface area contributed by atoms with E-state index in [1.165, 1.54) is 17.8 Å². The molecule has 27 heavy (non-hydrogen) atoms. The number of carbonyl (C=O) groups excluding carboxylic acids is 2. The zero-order valence-corrected chi connectivity index (χ0v) is 17.0. The summed E-state index contributed by atoms with van der Waals surface area (Å²) in [6.07, 6.45) is 3.33. The molecule has 0 spiro atoms. The van der Waals surface area contributed by atoms with E-state index in [0.717, 1.165) is 23.9 Å². The molecule has 3 rings (SSSR count). The van der Waals surface area contributed by atoms with E-state index in [-0.39, 0.29) is 17.7 Å². The number of rotatable bonds is 4. The molecule has 7 heteroatoms. The highest BCUT2D eigenvalue weighted by Crippen LogP contribution is 2.30. The second kappa shape index (κ2) is 10.6. The summed E-state index contributed by atoms with van der Waals surface area (Å²) in [5.41, 5.74) is 2.17. The number of aryl methyl sites for hydroxylation is 1. The highest BCUT2D eigenvalue weighted by molar-refractivity contribution is 7.98. The van der Waals surface area contributed by atoms with Gasteiger partial charge in [0.1, 0.15) is 17.6 Å². The molecule has 2 aromatic heterocycles. The van der Waals surface area contributed by atoms with Crippen LogP contribution in [0.5, 0.6) is 0 Å². The van der Waals surface area contributed by atoms with Gasteiger partial charge in [0.2, 0.25) is 0 Å². The number of aliphatic hydroxyl groups excluding tert-OH is 1. The second-order valence-corrected chi connectivity index (χ2v) is 5.96. The molecule has 0 unspecified atom stereocenters. The number of nitrogens with zero attached hydrogens (tertiary/aromatic N) is 2. The molecule has 144 valence electrons. The third kappa shape index (κ3) is 4.26. The summed E-state index contributed by atoms with van der Waals surface area (Å²) in [5, 5.41) is 7.95. The minimum Gasteiger partial charge on any atom is -0.400 e. The summed E-state index contributed by atoms with van der Waals surface area (Å²) in [6.45, 7) is 6.03. The minimum atomic E-state index is -0.141. The molecule has 0 aliphatic heterocycles. The third-order valence-corrected chi connectivity index (χ3v) is 4.75. The lowest BCUT2D eigenvalue weighted by atomic mass is 10.1. The van der Waals surface area contributed by atoms with Gasteiger partial charge in [0, 0.05) is 17.4 Å². The Bertz CT molecular complexity index is 1010. The van der Waals surface area contributed by atoms with Crippen LogP contribution in [-0.4, -0.2) is 40.6 Å². The summed E-state index contributed by atoms with van der Waals surface area (Å²) in [7, 11) is 1.00. The van der Waals surface area contributed by atoms with Gasteiger partial charge in [-0.05, 0) is 36.9 Å². The molecule has 6 nitrogen and oxygen atoms in total. The Morgan fingerprint density at radius 2 is 1.74 bits per heavy atom. The predicted octanol–water partition coefficient (Wildman–Crippen LogP) is 3.23. The molecular weight excluding hydrogens is 364 g/mol. The first-order chi connectivity index (χ1) is 13.1. The van der Waals surface area contributed by atoms with Crippen LogP contribution in [0.2, 0.25) is 0 Å². The van der Waals surface area contributed by atoms with Gasteiger partial charge in [-0.1, -0.05) is 19.9 Å². The van der Waals surface area contributed by atoms with Gasteiger partial charge in [0.25, 0.3) is 0 Å². The fourth-order valence-corrected chi connectivity index (χ4v) is 3.60. The van der Waals surface area contributed by atoms with Crippen LogP contribution in [0.4, 0.5) is 0 Å². The summed E-state index contributed by atoms with van der Waals surface area (Å²) >= 11 is 1.52. The average molecular weight is 388 g/mol. The van der Waals surface area contributed by atoms with Gasteiger partial charge in [0.15, 0.2) is 11.7 Å². The van der Waals surface area contributed by atoms with Crippen LogP contribution < -0.4 is 5.43 Å². The normalized spacial score (nSPS) is 9.85. The molecule has 2 heterocycles. The third-order valence-electron chi connectivity index (χ3n) is 3.82. The summed E-state index contributed by atoms with van der Waals surface area (Å²) in [6, 6.07) is 6.78. The lowest BCUT2D eigenvalue weighted by molar-refractivity contribution is -0.108. The number of carbonyl (C=O) groups is 2. The number of fused-ring (bicyclic) bond motifs is 2. The van der Waals surface area contributed by atoms with Crippen molar-refractivity contribution in [3.63, 3.8) is 0 Å². The Kier molecular flexibility index (Phi) is 8.84. The summed E-state index contributed by atoms with van der Waals surface area (Å²) in [5.74, 6) is 0. The van der Waals surface area contributed by atoms with E-state index in [1.807, 2.05) is 33.1 Å². The van der Waals surface area contributed by atoms with Crippen molar-refractivity contribution in [3.8, 4) is 0 Å². The number of thioether (sulfide) groups is 1. The van der Waals surface area contributed by atoms with Crippen LogP contribution in [0.15, 0.2) is 34.0 Å². The van der Waals surface area contributed by atoms with Gasteiger partial charge >= 0.3 is 0 Å². The van der Waals surface area contributed by atoms with Crippen molar-refractivity contribution in [2.75, 3.05) is 13.4 Å². The predicted molar refractivity (Wildman–Crippen MR) is 111 cm³/mol. The van der Waals surface area contributed by atoms with Crippen molar-refractivity contribution in [2.24, 2.45) is 0 Å². The van der Waals surface area contributed by atoms with Gasteiger partial charge < -0.3 is 14.5 Å². The highest BCUT2D eigenvalue weighted by atomic mass is 32.2. The largest absolute Gasteiger partial charge is 0.400 e. The molecule has 0 atom stereocenters. The van der Waals surface area contributed by atoms with Crippen LogP contribution in [-0.2, 0) is 11.3 Å². The quantitative estimate of drug-likeness (QED) is 0.419. The van der Waals surface area contributed by atoms with E-state index in [2.05, 4.69) is 4.98 Å². The number of aliphatic hydroxyl groups is 1. The SMILES string of the molecule is CC.CO.CSc1c(C)ccc2c(=O)c3ccc(C=O)nc3n(CC=O)c12. The molecule has 0 radical (unpaired) electrons. The van der Waals surface area contributed by atoms with E-state index >= 15 is 0 Å². The van der Waals surface area contributed by atoms with Crippen molar-refractivity contribution in [3.05, 3.63) is 45.7 Å². The number of aromatic nitrogens is 2. The highest BCUT2D eigenvalue weighted by Gasteiger charge is 2.16. The monoisotopic (exact) mass is 388 g/mol. The Morgan fingerprint density at radius 3 is 2.30 bits per heavy atom. The molecule has 0 amide bonds. The van der Waals surface area contributed by atoms with Crippen LogP contribution in [0.3, 0.4) is 0 Å². The Labute approximate surface area is 162 Å². The molecular formula is C20H24N2O4S. The summed E-state index contributed by atoms with van der Waals surface area (Å²) < 4.78 is 1.71. The van der Waals surface area contributed by atoms with Crippen LogP contribution >= 0.6 is 11.8 Å². The summed E-state index contributed by atoms with van der Waals surface area (Å²) in [4.78, 5) is 40.2.